The molecular formula is C28H20N2O5S. The van der Waals surface area contributed by atoms with Gasteiger partial charge in [-0.3, -0.25) is 4.79 Å². The molecule has 0 atom stereocenters. The number of benzene rings is 4. The van der Waals surface area contributed by atoms with Crippen LogP contribution in [0.25, 0.3) is 21.8 Å². The number of aromatic nitrogens is 1. The normalized spacial score (nSPS) is 11.4. The molecule has 2 N–H and O–H groups in total. The molecule has 0 radical (unpaired) electrons. The lowest BCUT2D eigenvalue weighted by molar-refractivity contribution is 0.0472. The Kier molecular flexibility index (Phi) is 5.95. The van der Waals surface area contributed by atoms with Crippen LogP contribution in [0.3, 0.4) is 0 Å². The third-order valence-corrected chi connectivity index (χ3v) is 7.63. The summed E-state index contributed by atoms with van der Waals surface area (Å²) >= 11 is 0. The van der Waals surface area contributed by atoms with E-state index < -0.39 is 21.7 Å². The number of sulfone groups is 1. The number of nitrogens with zero attached hydrogens (tertiary/aromatic N) is 1. The highest BCUT2D eigenvalue weighted by Crippen LogP contribution is 2.33. The van der Waals surface area contributed by atoms with Crippen molar-refractivity contribution >= 4 is 43.5 Å². The third-order valence-electron chi connectivity index (χ3n) is 5.82. The van der Waals surface area contributed by atoms with E-state index in [1.165, 1.54) is 30.3 Å². The molecule has 7 nitrogen and oxygen atoms in total. The van der Waals surface area contributed by atoms with E-state index in [2.05, 4.69) is 4.98 Å². The minimum absolute atomic E-state index is 0.0433. The van der Waals surface area contributed by atoms with Crippen LogP contribution < -0.4 is 5.73 Å². The quantitative estimate of drug-likeness (QED) is 0.270. The van der Waals surface area contributed by atoms with Crippen molar-refractivity contribution in [1.82, 2.24) is 4.98 Å². The largest absolute Gasteiger partial charge is 0.457 e. The highest BCUT2D eigenvalue weighted by atomic mass is 32.2. The van der Waals surface area contributed by atoms with Crippen molar-refractivity contribution in [3.8, 4) is 0 Å². The molecule has 36 heavy (non-hydrogen) atoms. The summed E-state index contributed by atoms with van der Waals surface area (Å²) in [5.74, 6) is -1.32. The smallest absolute Gasteiger partial charge is 0.338 e. The lowest BCUT2D eigenvalue weighted by Gasteiger charge is -2.13. The number of fused-ring (bicyclic) bond motifs is 2. The van der Waals surface area contributed by atoms with Crippen LogP contribution in [-0.4, -0.2) is 25.3 Å². The van der Waals surface area contributed by atoms with Crippen LogP contribution in [-0.2, 0) is 21.2 Å². The fraction of sp³-hybridized carbons (Fsp3) is 0.0357. The van der Waals surface area contributed by atoms with Gasteiger partial charge < -0.3 is 10.5 Å². The molecule has 8 heteroatoms. The molecule has 1 aromatic heterocycles. The summed E-state index contributed by atoms with van der Waals surface area (Å²) < 4.78 is 32.6. The number of primary amides is 1. The van der Waals surface area contributed by atoms with Crippen molar-refractivity contribution in [3.63, 3.8) is 0 Å². The zero-order valence-corrected chi connectivity index (χ0v) is 19.7. The predicted octanol–water partition coefficient (Wildman–Crippen LogP) is 4.68. The number of hydrogen-bond donors (Lipinski definition) is 1. The van der Waals surface area contributed by atoms with Crippen molar-refractivity contribution in [2.24, 2.45) is 5.73 Å². The molecule has 0 fully saturated rings. The Morgan fingerprint density at radius 1 is 0.778 bits per heavy atom. The fourth-order valence-corrected chi connectivity index (χ4v) is 5.58. The van der Waals surface area contributed by atoms with Gasteiger partial charge in [-0.1, -0.05) is 54.6 Å². The molecule has 5 aromatic rings. The number of nitrogens with two attached hydrogens (primary N) is 1. The summed E-state index contributed by atoms with van der Waals surface area (Å²) in [5.41, 5.74) is 7.73. The summed E-state index contributed by atoms with van der Waals surface area (Å²) in [7, 11) is -4.09. The van der Waals surface area contributed by atoms with Gasteiger partial charge in [-0.2, -0.15) is 0 Å². The minimum Gasteiger partial charge on any atom is -0.457 e. The molecule has 0 bridgehead atoms. The second-order valence-corrected chi connectivity index (χ2v) is 10.0. The highest BCUT2D eigenvalue weighted by Gasteiger charge is 2.25. The van der Waals surface area contributed by atoms with Crippen LogP contribution in [0, 0.1) is 0 Å². The number of carbonyl (C=O) groups is 2. The van der Waals surface area contributed by atoms with Gasteiger partial charge in [0.05, 0.1) is 32.0 Å². The Labute approximate surface area is 207 Å². The summed E-state index contributed by atoms with van der Waals surface area (Å²) in [6.07, 6.45) is 0. The average molecular weight is 497 g/mol. The molecule has 1 heterocycles. The number of amides is 1. The number of rotatable bonds is 6. The second kappa shape index (κ2) is 9.24. The van der Waals surface area contributed by atoms with Gasteiger partial charge in [0.2, 0.25) is 15.7 Å². The standard InChI is InChI=1S/C28H20N2O5S/c29-27(31)25-21-9-4-5-10-22(21)30-23-11-6-12-24(26(23)25)36(33,34)20-15-13-19(14-16-20)28(32)35-17-18-7-2-1-3-8-18/h1-16H,17H2,(H2,29,31). The summed E-state index contributed by atoms with van der Waals surface area (Å²) in [4.78, 5) is 29.3. The maximum atomic E-state index is 13.7. The van der Waals surface area contributed by atoms with E-state index >= 15 is 0 Å². The Bertz CT molecular complexity index is 1730. The Hall–Kier alpha value is -4.56. The SMILES string of the molecule is NC(=O)c1c2ccccc2nc2cccc(S(=O)(=O)c3ccc(C(=O)OCc4ccccc4)cc3)c12. The van der Waals surface area contributed by atoms with E-state index in [-0.39, 0.29) is 32.9 Å². The number of para-hydroxylation sites is 1. The van der Waals surface area contributed by atoms with E-state index in [9.17, 15) is 18.0 Å². The zero-order chi connectivity index (χ0) is 25.3. The molecule has 0 aliphatic heterocycles. The van der Waals surface area contributed by atoms with Crippen molar-refractivity contribution in [3.05, 3.63) is 114 Å². The second-order valence-electron chi connectivity index (χ2n) is 8.11. The first-order valence-corrected chi connectivity index (χ1v) is 12.5. The van der Waals surface area contributed by atoms with E-state index in [1.807, 2.05) is 30.3 Å². The Balaban J connectivity index is 1.53. The van der Waals surface area contributed by atoms with Gasteiger partial charge in [-0.25, -0.2) is 18.2 Å². The van der Waals surface area contributed by atoms with Crippen molar-refractivity contribution in [1.29, 1.82) is 0 Å². The van der Waals surface area contributed by atoms with Gasteiger partial charge in [0.25, 0.3) is 0 Å². The summed E-state index contributed by atoms with van der Waals surface area (Å²) in [6, 6.07) is 26.3. The van der Waals surface area contributed by atoms with Crippen LogP contribution in [0.1, 0.15) is 26.3 Å². The van der Waals surface area contributed by atoms with Crippen molar-refractivity contribution in [2.45, 2.75) is 16.4 Å². The lowest BCUT2D eigenvalue weighted by Crippen LogP contribution is -2.15. The zero-order valence-electron chi connectivity index (χ0n) is 18.9. The lowest BCUT2D eigenvalue weighted by atomic mass is 10.0. The van der Waals surface area contributed by atoms with Crippen LogP contribution in [0.5, 0.6) is 0 Å². The molecule has 178 valence electrons. The molecule has 0 saturated heterocycles. The number of pyridine rings is 1. The van der Waals surface area contributed by atoms with Crippen molar-refractivity contribution < 1.29 is 22.7 Å². The maximum Gasteiger partial charge on any atom is 0.338 e. The van der Waals surface area contributed by atoms with Gasteiger partial charge in [0, 0.05) is 10.8 Å². The molecule has 0 aliphatic carbocycles. The van der Waals surface area contributed by atoms with Crippen LogP contribution in [0.4, 0.5) is 0 Å². The van der Waals surface area contributed by atoms with Gasteiger partial charge >= 0.3 is 5.97 Å². The van der Waals surface area contributed by atoms with E-state index in [4.69, 9.17) is 10.5 Å². The maximum absolute atomic E-state index is 13.7. The number of ether oxygens (including phenoxy) is 1. The van der Waals surface area contributed by atoms with Gasteiger partial charge in [0.15, 0.2) is 0 Å². The number of carbonyl (C=O) groups excluding carboxylic acids is 2. The van der Waals surface area contributed by atoms with Gasteiger partial charge in [-0.05, 0) is 48.0 Å². The van der Waals surface area contributed by atoms with Gasteiger partial charge in [-0.15, -0.1) is 0 Å². The molecular weight excluding hydrogens is 476 g/mol. The minimum atomic E-state index is -4.09. The van der Waals surface area contributed by atoms with E-state index in [1.54, 1.807) is 36.4 Å². The number of hydrogen-bond acceptors (Lipinski definition) is 6. The van der Waals surface area contributed by atoms with E-state index in [0.29, 0.717) is 16.4 Å². The fourth-order valence-electron chi connectivity index (χ4n) is 4.09. The Morgan fingerprint density at radius 2 is 1.44 bits per heavy atom. The Morgan fingerprint density at radius 3 is 2.17 bits per heavy atom. The summed E-state index contributed by atoms with van der Waals surface area (Å²) in [5, 5.41) is 0.631. The summed E-state index contributed by atoms with van der Waals surface area (Å²) in [6.45, 7) is 0.104. The first-order valence-electron chi connectivity index (χ1n) is 11.0. The molecule has 0 aliphatic rings. The molecule has 0 unspecified atom stereocenters. The van der Waals surface area contributed by atoms with Crippen molar-refractivity contribution in [2.75, 3.05) is 0 Å². The predicted molar refractivity (Wildman–Crippen MR) is 135 cm³/mol. The average Bonchev–Trinajstić information content (AvgIpc) is 2.90. The van der Waals surface area contributed by atoms with Crippen LogP contribution in [0.15, 0.2) is 107 Å². The molecule has 0 saturated carbocycles. The van der Waals surface area contributed by atoms with Gasteiger partial charge in [0.1, 0.15) is 6.61 Å². The molecule has 5 rings (SSSR count). The first kappa shape index (κ1) is 23.2. The molecule has 4 aromatic carbocycles. The molecule has 0 spiro atoms. The van der Waals surface area contributed by atoms with E-state index in [0.717, 1.165) is 5.56 Å². The molecule has 1 amide bonds. The monoisotopic (exact) mass is 496 g/mol. The topological polar surface area (TPSA) is 116 Å². The number of esters is 1. The van der Waals surface area contributed by atoms with Crippen LogP contribution in [0.2, 0.25) is 0 Å². The third kappa shape index (κ3) is 4.18. The first-order chi connectivity index (χ1) is 17.4. The van der Waals surface area contributed by atoms with Crippen LogP contribution >= 0.6 is 0 Å². The highest BCUT2D eigenvalue weighted by molar-refractivity contribution is 7.91.